The molecule has 9 heteroatoms. The second-order valence-corrected chi connectivity index (χ2v) is 10.8. The van der Waals surface area contributed by atoms with Crippen molar-refractivity contribution in [2.75, 3.05) is 19.4 Å². The van der Waals surface area contributed by atoms with Gasteiger partial charge in [-0.2, -0.15) is 0 Å². The van der Waals surface area contributed by atoms with Gasteiger partial charge in [0.15, 0.2) is 9.84 Å². The summed E-state index contributed by atoms with van der Waals surface area (Å²) in [4.78, 5) is 22.7. The average Bonchev–Trinajstić information content (AvgIpc) is 3.03. The van der Waals surface area contributed by atoms with Crippen molar-refractivity contribution in [3.63, 3.8) is 0 Å². The first kappa shape index (κ1) is 22.4. The van der Waals surface area contributed by atoms with Crippen LogP contribution in [0.25, 0.3) is 22.2 Å². The van der Waals surface area contributed by atoms with Gasteiger partial charge >= 0.3 is 0 Å². The fourth-order valence-electron chi connectivity index (χ4n) is 4.13. The number of aryl methyl sites for hydroxylation is 1. The van der Waals surface area contributed by atoms with E-state index >= 15 is 0 Å². The number of imidazole rings is 1. The van der Waals surface area contributed by atoms with Crippen LogP contribution in [0.5, 0.6) is 5.75 Å². The summed E-state index contributed by atoms with van der Waals surface area (Å²) in [6, 6.07) is 16.2. The summed E-state index contributed by atoms with van der Waals surface area (Å²) in [6.45, 7) is 2.99. The van der Waals surface area contributed by atoms with Crippen LogP contribution in [-0.2, 0) is 16.4 Å². The van der Waals surface area contributed by atoms with Crippen LogP contribution < -0.4 is 4.74 Å². The number of rotatable bonds is 3. The predicted molar refractivity (Wildman–Crippen MR) is 131 cm³/mol. The van der Waals surface area contributed by atoms with Crippen molar-refractivity contribution in [2.45, 2.75) is 18.4 Å². The topological polar surface area (TPSA) is 92.4 Å². The average molecular weight is 496 g/mol. The summed E-state index contributed by atoms with van der Waals surface area (Å²) in [5.41, 5.74) is 5.05. The number of nitrogens with one attached hydrogen (secondary N) is 1. The van der Waals surface area contributed by atoms with E-state index in [4.69, 9.17) is 16.3 Å². The molecule has 0 unspecified atom stereocenters. The zero-order chi connectivity index (χ0) is 24.0. The SMILES string of the molecule is Cc1nc2ccc(-c3ccc4c(c3)CN(C(=O)c3ccc(S(C)(=O)=O)cc3Cl)CCO4)cc2[nH]1. The van der Waals surface area contributed by atoms with Gasteiger partial charge in [-0.1, -0.05) is 23.7 Å². The van der Waals surface area contributed by atoms with Gasteiger partial charge in [-0.05, 0) is 60.5 Å². The number of carbonyl (C=O) groups is 1. The number of benzene rings is 3. The van der Waals surface area contributed by atoms with Gasteiger partial charge in [0.25, 0.3) is 5.91 Å². The molecule has 5 rings (SSSR count). The summed E-state index contributed by atoms with van der Waals surface area (Å²) in [7, 11) is -3.42. The lowest BCUT2D eigenvalue weighted by Crippen LogP contribution is -2.32. The minimum absolute atomic E-state index is 0.0765. The zero-order valence-electron chi connectivity index (χ0n) is 18.6. The number of ether oxygens (including phenoxy) is 1. The summed E-state index contributed by atoms with van der Waals surface area (Å²) in [5.74, 6) is 1.32. The Balaban J connectivity index is 1.45. The van der Waals surface area contributed by atoms with Gasteiger partial charge in [0.05, 0.1) is 33.1 Å². The van der Waals surface area contributed by atoms with E-state index in [1.54, 1.807) is 4.90 Å². The van der Waals surface area contributed by atoms with Crippen molar-refractivity contribution in [3.8, 4) is 16.9 Å². The highest BCUT2D eigenvalue weighted by molar-refractivity contribution is 7.90. The second-order valence-electron chi connectivity index (χ2n) is 8.37. The lowest BCUT2D eigenvalue weighted by Gasteiger charge is -2.21. The fourth-order valence-corrected chi connectivity index (χ4v) is 5.11. The van der Waals surface area contributed by atoms with Crippen molar-refractivity contribution < 1.29 is 17.9 Å². The predicted octanol–water partition coefficient (Wildman–Crippen LogP) is 4.63. The standard InChI is InChI=1S/C25H22ClN3O4S/c1-15-27-22-7-3-17(12-23(22)28-15)16-4-8-24-18(11-16)14-29(9-10-33-24)25(30)20-6-5-19(13-21(20)26)34(2,31)32/h3-8,11-13H,9-10,14H2,1-2H3,(H,27,28). The van der Waals surface area contributed by atoms with Crippen LogP contribution in [0, 0.1) is 6.92 Å². The Morgan fingerprint density at radius 1 is 1.09 bits per heavy atom. The molecule has 7 nitrogen and oxygen atoms in total. The van der Waals surface area contributed by atoms with Gasteiger partial charge in [-0.3, -0.25) is 4.79 Å². The molecule has 174 valence electrons. The highest BCUT2D eigenvalue weighted by Crippen LogP contribution is 2.31. The van der Waals surface area contributed by atoms with E-state index in [1.807, 2.05) is 37.3 Å². The molecule has 0 saturated carbocycles. The summed E-state index contributed by atoms with van der Waals surface area (Å²) in [6.07, 6.45) is 1.10. The van der Waals surface area contributed by atoms with Crippen molar-refractivity contribution in [3.05, 3.63) is 76.6 Å². The molecule has 3 aromatic carbocycles. The zero-order valence-corrected chi connectivity index (χ0v) is 20.2. The maximum Gasteiger partial charge on any atom is 0.255 e. The molecule has 1 aliphatic heterocycles. The Hall–Kier alpha value is -3.36. The molecule has 0 fully saturated rings. The van der Waals surface area contributed by atoms with Crippen molar-refractivity contribution in [2.24, 2.45) is 0 Å². The Morgan fingerprint density at radius 2 is 1.85 bits per heavy atom. The van der Waals surface area contributed by atoms with E-state index < -0.39 is 9.84 Å². The molecule has 0 aliphatic carbocycles. The maximum atomic E-state index is 13.3. The van der Waals surface area contributed by atoms with Gasteiger partial charge in [0.1, 0.15) is 18.2 Å². The van der Waals surface area contributed by atoms with Gasteiger partial charge < -0.3 is 14.6 Å². The third-order valence-corrected chi connectivity index (χ3v) is 7.28. The van der Waals surface area contributed by atoms with Crippen molar-refractivity contribution in [1.82, 2.24) is 14.9 Å². The summed E-state index contributed by atoms with van der Waals surface area (Å²) >= 11 is 6.29. The van der Waals surface area contributed by atoms with Crippen molar-refractivity contribution in [1.29, 1.82) is 0 Å². The van der Waals surface area contributed by atoms with Crippen LogP contribution in [-0.4, -0.2) is 48.6 Å². The third kappa shape index (κ3) is 4.26. The quantitative estimate of drug-likeness (QED) is 0.447. The van der Waals surface area contributed by atoms with E-state index in [9.17, 15) is 13.2 Å². The fraction of sp³-hybridized carbons (Fsp3) is 0.200. The number of amides is 1. The molecular weight excluding hydrogens is 474 g/mol. The number of sulfone groups is 1. The van der Waals surface area contributed by atoms with E-state index in [1.165, 1.54) is 18.2 Å². The number of hydrogen-bond donors (Lipinski definition) is 1. The highest BCUT2D eigenvalue weighted by atomic mass is 35.5. The summed E-state index contributed by atoms with van der Waals surface area (Å²) < 4.78 is 29.5. The third-order valence-electron chi connectivity index (χ3n) is 5.86. The molecule has 2 heterocycles. The Morgan fingerprint density at radius 3 is 2.62 bits per heavy atom. The van der Waals surface area contributed by atoms with Gasteiger partial charge in [0, 0.05) is 18.4 Å². The van der Waals surface area contributed by atoms with Crippen LogP contribution in [0.15, 0.2) is 59.5 Å². The number of aromatic amines is 1. The molecule has 0 saturated heterocycles. The van der Waals surface area contributed by atoms with Gasteiger partial charge in [-0.15, -0.1) is 0 Å². The molecule has 1 amide bonds. The van der Waals surface area contributed by atoms with E-state index in [-0.39, 0.29) is 21.4 Å². The lowest BCUT2D eigenvalue weighted by atomic mass is 10.0. The molecule has 0 atom stereocenters. The Bertz CT molecular complexity index is 1550. The van der Waals surface area contributed by atoms with E-state index in [2.05, 4.69) is 16.0 Å². The first-order valence-electron chi connectivity index (χ1n) is 10.7. The van der Waals surface area contributed by atoms with E-state index in [0.29, 0.717) is 19.7 Å². The molecular formula is C25H22ClN3O4S. The molecule has 4 aromatic rings. The first-order valence-corrected chi connectivity index (χ1v) is 13.0. The van der Waals surface area contributed by atoms with Crippen LogP contribution >= 0.6 is 11.6 Å². The van der Waals surface area contributed by atoms with E-state index in [0.717, 1.165) is 45.6 Å². The number of fused-ring (bicyclic) bond motifs is 2. The largest absolute Gasteiger partial charge is 0.491 e. The molecule has 1 aromatic heterocycles. The van der Waals surface area contributed by atoms with Crippen molar-refractivity contribution >= 4 is 38.4 Å². The minimum Gasteiger partial charge on any atom is -0.491 e. The lowest BCUT2D eigenvalue weighted by molar-refractivity contribution is 0.0733. The number of carbonyl (C=O) groups excluding carboxylic acids is 1. The molecule has 1 N–H and O–H groups in total. The van der Waals surface area contributed by atoms with Gasteiger partial charge in [-0.25, -0.2) is 13.4 Å². The Kier molecular flexibility index (Phi) is 5.58. The minimum atomic E-state index is -3.42. The smallest absolute Gasteiger partial charge is 0.255 e. The van der Waals surface area contributed by atoms with Crippen LogP contribution in [0.4, 0.5) is 0 Å². The molecule has 34 heavy (non-hydrogen) atoms. The number of nitrogens with zero attached hydrogens (tertiary/aromatic N) is 2. The maximum absolute atomic E-state index is 13.3. The molecule has 0 spiro atoms. The monoisotopic (exact) mass is 495 g/mol. The second kappa shape index (κ2) is 8.45. The first-order chi connectivity index (χ1) is 16.2. The number of H-pyrrole nitrogens is 1. The van der Waals surface area contributed by atoms with Crippen LogP contribution in [0.3, 0.4) is 0 Å². The molecule has 1 aliphatic rings. The Labute approximate surface area is 202 Å². The molecule has 0 bridgehead atoms. The van der Waals surface area contributed by atoms with Gasteiger partial charge in [0.2, 0.25) is 0 Å². The molecule has 0 radical (unpaired) electrons. The number of halogens is 1. The van der Waals surface area contributed by atoms with Crippen LogP contribution in [0.2, 0.25) is 5.02 Å². The highest BCUT2D eigenvalue weighted by Gasteiger charge is 2.24. The van der Waals surface area contributed by atoms with Crippen LogP contribution in [0.1, 0.15) is 21.7 Å². The summed E-state index contributed by atoms with van der Waals surface area (Å²) in [5, 5.41) is 0.107. The number of aromatic nitrogens is 2. The number of hydrogen-bond acceptors (Lipinski definition) is 5. The normalized spacial score (nSPS) is 13.9.